The van der Waals surface area contributed by atoms with Crippen LogP contribution in [0.1, 0.15) is 29.2 Å². The van der Waals surface area contributed by atoms with E-state index >= 15 is 0 Å². The van der Waals surface area contributed by atoms with Crippen molar-refractivity contribution >= 4 is 38.9 Å². The fraction of sp³-hybridized carbons (Fsp3) is 0.125. The molecule has 1 N–H and O–H groups in total. The fourth-order valence-corrected chi connectivity index (χ4v) is 5.52. The fourth-order valence-electron chi connectivity index (χ4n) is 4.24. The highest BCUT2D eigenvalue weighted by atomic mass is 32.1. The van der Waals surface area contributed by atoms with E-state index in [4.69, 9.17) is 21.6 Å². The van der Waals surface area contributed by atoms with Crippen molar-refractivity contribution in [3.05, 3.63) is 103 Å². The molecule has 0 aliphatic carbocycles. The van der Waals surface area contributed by atoms with Crippen LogP contribution in [0, 0.1) is 0 Å². The third-order valence-electron chi connectivity index (χ3n) is 5.68. The molecule has 0 unspecified atom stereocenters. The van der Waals surface area contributed by atoms with Gasteiger partial charge in [0.05, 0.1) is 46.5 Å². The predicted molar refractivity (Wildman–Crippen MR) is 129 cm³/mol. The molecule has 5 heterocycles. The van der Waals surface area contributed by atoms with Crippen LogP contribution < -0.4 is 5.32 Å². The minimum Gasteiger partial charge on any atom is -0.467 e. The molecule has 0 saturated carbocycles. The first-order chi connectivity index (χ1) is 15.8. The predicted octanol–water partition coefficient (Wildman–Crippen LogP) is 5.25. The van der Waals surface area contributed by atoms with Gasteiger partial charge in [-0.25, -0.2) is 4.98 Å². The van der Waals surface area contributed by atoms with E-state index < -0.39 is 0 Å². The van der Waals surface area contributed by atoms with E-state index in [2.05, 4.69) is 44.2 Å². The Balaban J connectivity index is 1.47. The number of hydrogen-bond donors (Lipinski definition) is 1. The smallest absolute Gasteiger partial charge is 0.194 e. The highest BCUT2D eigenvalue weighted by Gasteiger charge is 2.41. The Labute approximate surface area is 194 Å². The van der Waals surface area contributed by atoms with Gasteiger partial charge in [-0.2, -0.15) is 0 Å². The van der Waals surface area contributed by atoms with E-state index in [1.807, 2.05) is 54.7 Å². The van der Waals surface area contributed by atoms with Gasteiger partial charge in [0.1, 0.15) is 5.76 Å². The maximum absolute atomic E-state index is 5.78. The Morgan fingerprint density at radius 3 is 2.75 bits per heavy atom. The number of thiazole rings is 1. The Kier molecular flexibility index (Phi) is 4.74. The van der Waals surface area contributed by atoms with Crippen LogP contribution in [0.25, 0.3) is 15.3 Å². The van der Waals surface area contributed by atoms with E-state index in [-0.39, 0.29) is 12.1 Å². The number of hydrogen-bond acceptors (Lipinski definition) is 5. The van der Waals surface area contributed by atoms with Crippen LogP contribution in [-0.2, 0) is 6.54 Å². The van der Waals surface area contributed by atoms with E-state index in [0.717, 1.165) is 32.5 Å². The monoisotopic (exact) mass is 457 g/mol. The summed E-state index contributed by atoms with van der Waals surface area (Å²) in [5.41, 5.74) is 3.04. The van der Waals surface area contributed by atoms with Gasteiger partial charge >= 0.3 is 0 Å². The molecule has 1 fully saturated rings. The molecule has 0 spiro atoms. The standard InChI is InChI=1S/C24H19N5OS2/c31-23-27-21(18-9-3-4-12-25-18)22(29(23)15-16-7-6-14-30-16)19-10-5-13-28(19)24-26-17-8-1-2-11-20(17)32-24/h1-14,21-22H,15H2,(H,27,31)/t21-,22+/m0/s1. The molecule has 5 aromatic rings. The number of para-hydroxylation sites is 1. The topological polar surface area (TPSA) is 59.1 Å². The first kappa shape index (κ1) is 19.2. The summed E-state index contributed by atoms with van der Waals surface area (Å²) in [5, 5.41) is 5.11. The molecule has 158 valence electrons. The summed E-state index contributed by atoms with van der Waals surface area (Å²) >= 11 is 7.46. The summed E-state index contributed by atoms with van der Waals surface area (Å²) < 4.78 is 8.97. The lowest BCUT2D eigenvalue weighted by Crippen LogP contribution is -2.29. The van der Waals surface area contributed by atoms with Crippen molar-refractivity contribution in [2.75, 3.05) is 0 Å². The van der Waals surface area contributed by atoms with E-state index in [9.17, 15) is 0 Å². The Bertz CT molecular complexity index is 1340. The van der Waals surface area contributed by atoms with Crippen LogP contribution in [0.5, 0.6) is 0 Å². The largest absolute Gasteiger partial charge is 0.467 e. The lowest BCUT2D eigenvalue weighted by Gasteiger charge is -2.27. The number of thiocarbonyl (C=S) groups is 1. The summed E-state index contributed by atoms with van der Waals surface area (Å²) in [6.45, 7) is 0.567. The molecule has 32 heavy (non-hydrogen) atoms. The maximum atomic E-state index is 5.78. The van der Waals surface area contributed by atoms with Crippen LogP contribution in [-0.4, -0.2) is 24.5 Å². The second kappa shape index (κ2) is 7.89. The molecule has 8 heteroatoms. The molecule has 1 saturated heterocycles. The zero-order valence-electron chi connectivity index (χ0n) is 17.0. The number of rotatable bonds is 5. The molecular formula is C24H19N5OS2. The minimum absolute atomic E-state index is 0.0792. The molecule has 1 aliphatic heterocycles. The lowest BCUT2D eigenvalue weighted by atomic mass is 10.0. The van der Waals surface area contributed by atoms with Gasteiger partial charge in [0.25, 0.3) is 0 Å². The summed E-state index contributed by atoms with van der Waals surface area (Å²) in [5.74, 6) is 0.860. The molecular weight excluding hydrogens is 438 g/mol. The number of furan rings is 1. The van der Waals surface area contributed by atoms with Crippen LogP contribution in [0.2, 0.25) is 0 Å². The van der Waals surface area contributed by atoms with Crippen LogP contribution >= 0.6 is 23.6 Å². The summed E-state index contributed by atoms with van der Waals surface area (Å²) in [6.07, 6.45) is 5.57. The molecule has 0 radical (unpaired) electrons. The van der Waals surface area contributed by atoms with Crippen molar-refractivity contribution in [3.8, 4) is 5.13 Å². The van der Waals surface area contributed by atoms with Crippen molar-refractivity contribution < 1.29 is 4.42 Å². The Morgan fingerprint density at radius 1 is 1.03 bits per heavy atom. The molecule has 2 atom stereocenters. The molecule has 1 aromatic carbocycles. The zero-order valence-corrected chi connectivity index (χ0v) is 18.6. The van der Waals surface area contributed by atoms with E-state index in [1.165, 1.54) is 0 Å². The van der Waals surface area contributed by atoms with Crippen molar-refractivity contribution in [1.82, 2.24) is 24.8 Å². The quantitative estimate of drug-likeness (QED) is 0.364. The van der Waals surface area contributed by atoms with Crippen molar-refractivity contribution in [3.63, 3.8) is 0 Å². The summed E-state index contributed by atoms with van der Waals surface area (Å²) in [4.78, 5) is 11.7. The normalized spacial score (nSPS) is 18.4. The molecule has 0 amide bonds. The number of aromatic nitrogens is 3. The van der Waals surface area contributed by atoms with E-state index in [1.54, 1.807) is 17.6 Å². The van der Waals surface area contributed by atoms with Gasteiger partial charge < -0.3 is 14.6 Å². The number of fused-ring (bicyclic) bond motifs is 1. The van der Waals surface area contributed by atoms with E-state index in [0.29, 0.717) is 11.7 Å². The minimum atomic E-state index is -0.0957. The van der Waals surface area contributed by atoms with Gasteiger partial charge in [0.2, 0.25) is 0 Å². The maximum Gasteiger partial charge on any atom is 0.194 e. The third-order valence-corrected chi connectivity index (χ3v) is 7.06. The highest BCUT2D eigenvalue weighted by Crippen LogP contribution is 2.41. The molecule has 6 nitrogen and oxygen atoms in total. The number of pyridine rings is 1. The first-order valence-corrected chi connectivity index (χ1v) is 11.5. The Morgan fingerprint density at radius 2 is 1.94 bits per heavy atom. The highest BCUT2D eigenvalue weighted by molar-refractivity contribution is 7.80. The third kappa shape index (κ3) is 3.28. The van der Waals surface area contributed by atoms with Crippen molar-refractivity contribution in [2.24, 2.45) is 0 Å². The lowest BCUT2D eigenvalue weighted by molar-refractivity contribution is 0.280. The summed E-state index contributed by atoms with van der Waals surface area (Å²) in [6, 6.07) is 22.1. The van der Waals surface area contributed by atoms with Crippen molar-refractivity contribution in [2.45, 2.75) is 18.6 Å². The Hall–Kier alpha value is -3.49. The van der Waals surface area contributed by atoms with Crippen LogP contribution in [0.15, 0.2) is 89.8 Å². The number of nitrogens with zero attached hydrogens (tertiary/aromatic N) is 4. The number of benzene rings is 1. The molecule has 6 rings (SSSR count). The summed E-state index contributed by atoms with van der Waals surface area (Å²) in [7, 11) is 0. The first-order valence-electron chi connectivity index (χ1n) is 10.3. The van der Waals surface area contributed by atoms with Crippen LogP contribution in [0.4, 0.5) is 0 Å². The zero-order chi connectivity index (χ0) is 21.5. The second-order valence-electron chi connectivity index (χ2n) is 7.60. The van der Waals surface area contributed by atoms with Gasteiger partial charge in [-0.05, 0) is 60.7 Å². The van der Waals surface area contributed by atoms with Gasteiger partial charge in [-0.1, -0.05) is 29.5 Å². The van der Waals surface area contributed by atoms with Gasteiger partial charge in [-0.3, -0.25) is 9.55 Å². The van der Waals surface area contributed by atoms with Gasteiger partial charge in [0.15, 0.2) is 10.2 Å². The SMILES string of the molecule is S=C1N[C@@H](c2ccccn2)[C@@H](c2cccn2-c2nc3ccccc3s2)N1Cc1ccco1. The average Bonchev–Trinajstić information content (AvgIpc) is 3.61. The van der Waals surface area contributed by atoms with Gasteiger partial charge in [-0.15, -0.1) is 0 Å². The number of nitrogens with one attached hydrogen (secondary N) is 1. The molecule has 0 bridgehead atoms. The second-order valence-corrected chi connectivity index (χ2v) is 9.00. The average molecular weight is 458 g/mol. The molecule has 1 aliphatic rings. The van der Waals surface area contributed by atoms with Gasteiger partial charge in [0, 0.05) is 12.4 Å². The van der Waals surface area contributed by atoms with Crippen LogP contribution in [0.3, 0.4) is 0 Å². The van der Waals surface area contributed by atoms with Crippen molar-refractivity contribution in [1.29, 1.82) is 0 Å². The molecule has 4 aromatic heterocycles.